The van der Waals surface area contributed by atoms with Crippen LogP contribution in [0, 0.1) is 17.0 Å². The first-order valence-electron chi connectivity index (χ1n) is 9.01. The van der Waals surface area contributed by atoms with Gasteiger partial charge in [0.25, 0.3) is 5.69 Å². The summed E-state index contributed by atoms with van der Waals surface area (Å²) < 4.78 is 5.15. The lowest BCUT2D eigenvalue weighted by Crippen LogP contribution is -2.23. The molecule has 0 atom stereocenters. The highest BCUT2D eigenvalue weighted by Gasteiger charge is 2.28. The maximum Gasteiger partial charge on any atom is 0.341 e. The molecule has 1 amide bonds. The predicted octanol–water partition coefficient (Wildman–Crippen LogP) is 3.68. The Balaban J connectivity index is 1.72. The molecule has 1 heterocycles. The van der Waals surface area contributed by atoms with Crippen molar-refractivity contribution in [3.63, 3.8) is 0 Å². The number of nitro benzene ring substituents is 1. The molecular formula is C19H21N3O5S. The maximum atomic E-state index is 12.4. The fourth-order valence-electron chi connectivity index (χ4n) is 3.27. The van der Waals surface area contributed by atoms with Crippen LogP contribution in [-0.2, 0) is 22.4 Å². The molecule has 0 fully saturated rings. The van der Waals surface area contributed by atoms with Crippen LogP contribution in [-0.4, -0.2) is 30.0 Å². The van der Waals surface area contributed by atoms with Gasteiger partial charge in [-0.05, 0) is 44.7 Å². The summed E-state index contributed by atoms with van der Waals surface area (Å²) in [5.74, 6) is -0.754. The predicted molar refractivity (Wildman–Crippen MR) is 107 cm³/mol. The van der Waals surface area contributed by atoms with Gasteiger partial charge in [-0.25, -0.2) is 4.79 Å². The molecule has 1 aliphatic rings. The zero-order chi connectivity index (χ0) is 20.3. The van der Waals surface area contributed by atoms with Gasteiger partial charge in [0, 0.05) is 22.2 Å². The molecule has 28 heavy (non-hydrogen) atoms. The maximum absolute atomic E-state index is 12.4. The normalized spacial score (nSPS) is 12.4. The van der Waals surface area contributed by atoms with Gasteiger partial charge in [-0.2, -0.15) is 0 Å². The summed E-state index contributed by atoms with van der Waals surface area (Å²) in [5.41, 5.74) is 2.40. The van der Waals surface area contributed by atoms with Crippen molar-refractivity contribution in [3.05, 3.63) is 49.9 Å². The molecule has 1 aromatic heterocycles. The standard InChI is InChI=1S/C19H21N3O5S/c1-3-27-19(24)17-12-6-4-9-15(12)28-18(17)21-16(23)10-20-13-7-5-8-14(11(13)2)22(25)26/h5,7-8,20H,3-4,6,9-10H2,1-2H3,(H,21,23). The first-order chi connectivity index (χ1) is 13.4. The Labute approximate surface area is 166 Å². The topological polar surface area (TPSA) is 111 Å². The Morgan fingerprint density at radius 2 is 2.11 bits per heavy atom. The van der Waals surface area contributed by atoms with E-state index in [1.807, 2.05) is 0 Å². The van der Waals surface area contributed by atoms with Gasteiger partial charge in [0.05, 0.1) is 23.6 Å². The number of carbonyl (C=O) groups is 2. The van der Waals surface area contributed by atoms with Crippen molar-refractivity contribution in [1.82, 2.24) is 0 Å². The highest BCUT2D eigenvalue weighted by atomic mass is 32.1. The second-order valence-corrected chi connectivity index (χ2v) is 7.50. The van der Waals surface area contributed by atoms with Crippen LogP contribution >= 0.6 is 11.3 Å². The van der Waals surface area contributed by atoms with Crippen molar-refractivity contribution >= 4 is 39.6 Å². The number of nitrogens with zero attached hydrogens (tertiary/aromatic N) is 1. The van der Waals surface area contributed by atoms with E-state index in [-0.39, 0.29) is 24.7 Å². The number of anilines is 2. The van der Waals surface area contributed by atoms with Crippen LogP contribution in [0.25, 0.3) is 0 Å². The second kappa shape index (κ2) is 8.39. The average Bonchev–Trinajstić information content (AvgIpc) is 3.21. The molecule has 1 aromatic carbocycles. The summed E-state index contributed by atoms with van der Waals surface area (Å²) >= 11 is 1.41. The quantitative estimate of drug-likeness (QED) is 0.414. The summed E-state index contributed by atoms with van der Waals surface area (Å²) in [6.07, 6.45) is 2.70. The molecule has 3 rings (SSSR count). The van der Waals surface area contributed by atoms with Gasteiger partial charge < -0.3 is 15.4 Å². The van der Waals surface area contributed by atoms with Crippen LogP contribution in [0.3, 0.4) is 0 Å². The van der Waals surface area contributed by atoms with Crippen molar-refractivity contribution in [3.8, 4) is 0 Å². The van der Waals surface area contributed by atoms with Crippen LogP contribution < -0.4 is 10.6 Å². The molecule has 9 heteroatoms. The second-order valence-electron chi connectivity index (χ2n) is 6.39. The zero-order valence-electron chi connectivity index (χ0n) is 15.7. The number of ether oxygens (including phenoxy) is 1. The fraction of sp³-hybridized carbons (Fsp3) is 0.368. The van der Waals surface area contributed by atoms with Crippen molar-refractivity contribution in [2.24, 2.45) is 0 Å². The number of nitro groups is 1. The largest absolute Gasteiger partial charge is 0.462 e. The minimum absolute atomic E-state index is 0.00955. The molecule has 0 saturated heterocycles. The van der Waals surface area contributed by atoms with E-state index in [0.29, 0.717) is 21.8 Å². The van der Waals surface area contributed by atoms with Gasteiger partial charge >= 0.3 is 5.97 Å². The van der Waals surface area contributed by atoms with E-state index < -0.39 is 10.9 Å². The summed E-state index contributed by atoms with van der Waals surface area (Å²) in [5, 5.41) is 17.2. The number of amides is 1. The number of thiophene rings is 1. The van der Waals surface area contributed by atoms with Crippen molar-refractivity contribution < 1.29 is 19.2 Å². The average molecular weight is 403 g/mol. The molecule has 0 bridgehead atoms. The molecule has 0 spiro atoms. The smallest absolute Gasteiger partial charge is 0.341 e. The third-order valence-corrected chi connectivity index (χ3v) is 5.80. The summed E-state index contributed by atoms with van der Waals surface area (Å²) in [4.78, 5) is 36.5. The van der Waals surface area contributed by atoms with Gasteiger partial charge in [0.2, 0.25) is 5.91 Å². The lowest BCUT2D eigenvalue weighted by atomic mass is 10.1. The zero-order valence-corrected chi connectivity index (χ0v) is 16.5. The lowest BCUT2D eigenvalue weighted by molar-refractivity contribution is -0.385. The molecule has 0 radical (unpaired) electrons. The number of hydrogen-bond acceptors (Lipinski definition) is 7. The van der Waals surface area contributed by atoms with Crippen LogP contribution in [0.1, 0.15) is 39.7 Å². The fourth-order valence-corrected chi connectivity index (χ4v) is 4.56. The Kier molecular flexibility index (Phi) is 5.93. The van der Waals surface area contributed by atoms with E-state index in [9.17, 15) is 19.7 Å². The highest BCUT2D eigenvalue weighted by Crippen LogP contribution is 2.39. The summed E-state index contributed by atoms with van der Waals surface area (Å²) in [6, 6.07) is 4.66. The number of benzene rings is 1. The Morgan fingerprint density at radius 1 is 1.32 bits per heavy atom. The molecule has 1 aliphatic carbocycles. The van der Waals surface area contributed by atoms with Crippen LogP contribution in [0.4, 0.5) is 16.4 Å². The van der Waals surface area contributed by atoms with Crippen molar-refractivity contribution in [2.75, 3.05) is 23.8 Å². The minimum Gasteiger partial charge on any atom is -0.462 e. The minimum atomic E-state index is -0.459. The van der Waals surface area contributed by atoms with Gasteiger partial charge in [-0.3, -0.25) is 14.9 Å². The molecule has 2 N–H and O–H groups in total. The molecule has 148 valence electrons. The van der Waals surface area contributed by atoms with E-state index in [1.165, 1.54) is 17.4 Å². The highest BCUT2D eigenvalue weighted by molar-refractivity contribution is 7.17. The number of fused-ring (bicyclic) bond motifs is 1. The van der Waals surface area contributed by atoms with E-state index in [1.54, 1.807) is 26.0 Å². The van der Waals surface area contributed by atoms with Crippen LogP contribution in [0.2, 0.25) is 0 Å². The molecular weight excluding hydrogens is 382 g/mol. The van der Waals surface area contributed by atoms with Crippen LogP contribution in [0.5, 0.6) is 0 Å². The number of nitrogens with one attached hydrogen (secondary N) is 2. The number of aryl methyl sites for hydroxylation is 1. The van der Waals surface area contributed by atoms with Gasteiger partial charge in [0.1, 0.15) is 5.00 Å². The van der Waals surface area contributed by atoms with E-state index >= 15 is 0 Å². The molecule has 0 saturated carbocycles. The summed E-state index contributed by atoms with van der Waals surface area (Å²) in [6.45, 7) is 3.56. The lowest BCUT2D eigenvalue weighted by Gasteiger charge is -2.11. The van der Waals surface area contributed by atoms with Crippen molar-refractivity contribution in [2.45, 2.75) is 33.1 Å². The molecule has 0 aliphatic heterocycles. The van der Waals surface area contributed by atoms with Crippen LogP contribution in [0.15, 0.2) is 18.2 Å². The van der Waals surface area contributed by atoms with E-state index in [4.69, 9.17) is 4.74 Å². The molecule has 8 nitrogen and oxygen atoms in total. The molecule has 2 aromatic rings. The number of esters is 1. The number of carbonyl (C=O) groups excluding carboxylic acids is 2. The van der Waals surface area contributed by atoms with E-state index in [2.05, 4.69) is 10.6 Å². The van der Waals surface area contributed by atoms with E-state index in [0.717, 1.165) is 29.7 Å². The first-order valence-corrected chi connectivity index (χ1v) is 9.83. The monoisotopic (exact) mass is 403 g/mol. The Bertz CT molecular complexity index is 938. The third kappa shape index (κ3) is 3.99. The number of hydrogen-bond donors (Lipinski definition) is 2. The Hall–Kier alpha value is -2.94. The third-order valence-electron chi connectivity index (χ3n) is 4.60. The van der Waals surface area contributed by atoms with Gasteiger partial charge in [-0.1, -0.05) is 6.07 Å². The number of rotatable bonds is 7. The first kappa shape index (κ1) is 19.8. The summed E-state index contributed by atoms with van der Waals surface area (Å²) in [7, 11) is 0. The van der Waals surface area contributed by atoms with Gasteiger partial charge in [0.15, 0.2) is 0 Å². The SMILES string of the molecule is CCOC(=O)c1c(NC(=O)CNc2cccc([N+](=O)[O-])c2C)sc2c1CCC2. The molecule has 0 unspecified atom stereocenters. The van der Waals surface area contributed by atoms with Gasteiger partial charge in [-0.15, -0.1) is 11.3 Å². The van der Waals surface area contributed by atoms with Crippen molar-refractivity contribution in [1.29, 1.82) is 0 Å². The Morgan fingerprint density at radius 3 is 2.82 bits per heavy atom.